The zero-order valence-electron chi connectivity index (χ0n) is 7.16. The molecule has 0 spiro atoms. The zero-order valence-corrected chi connectivity index (χ0v) is 7.16. The van der Waals surface area contributed by atoms with Crippen molar-refractivity contribution in [3.63, 3.8) is 0 Å². The van der Waals surface area contributed by atoms with Gasteiger partial charge >= 0.3 is 6.03 Å². The largest absolute Gasteiger partial charge is 0.353 e. The van der Waals surface area contributed by atoms with Gasteiger partial charge in [-0.05, 0) is 0 Å². The van der Waals surface area contributed by atoms with E-state index in [0.717, 1.165) is 0 Å². The Balaban J connectivity index is 1.91. The molecule has 0 unspecified atom stereocenters. The fraction of sp³-hybridized carbons (Fsp3) is 0. The molecular weight excluding hydrogens is 184 g/mol. The van der Waals surface area contributed by atoms with Crippen LogP contribution in [0.3, 0.4) is 0 Å². The van der Waals surface area contributed by atoms with Gasteiger partial charge in [0.2, 0.25) is 0 Å². The number of nitrogens with one attached hydrogen (secondary N) is 2. The van der Waals surface area contributed by atoms with E-state index in [1.807, 2.05) is 0 Å². The summed E-state index contributed by atoms with van der Waals surface area (Å²) >= 11 is 0. The van der Waals surface area contributed by atoms with Crippen LogP contribution in [0.25, 0.3) is 0 Å². The van der Waals surface area contributed by atoms with Gasteiger partial charge in [-0.15, -0.1) is 0 Å². The summed E-state index contributed by atoms with van der Waals surface area (Å²) in [5, 5.41) is 0. The number of aromatic nitrogens is 4. The Morgan fingerprint density at radius 2 is 1.50 bits per heavy atom. The van der Waals surface area contributed by atoms with Crippen LogP contribution in [0, 0.1) is 0 Å². The van der Waals surface area contributed by atoms with Gasteiger partial charge in [0.05, 0.1) is 0 Å². The number of rotatable bonds is 2. The topological polar surface area (TPSA) is 76.8 Å². The molecule has 0 atom stereocenters. The van der Waals surface area contributed by atoms with Crippen LogP contribution in [0.15, 0.2) is 37.4 Å². The Kier molecular flexibility index (Phi) is 2.14. The fourth-order valence-corrected chi connectivity index (χ4v) is 0.910. The maximum Gasteiger partial charge on any atom is 0.353 e. The number of hydrogen-bond acceptors (Lipinski definition) is 3. The van der Waals surface area contributed by atoms with Gasteiger partial charge in [0.25, 0.3) is 0 Å². The van der Waals surface area contributed by atoms with Crippen LogP contribution in [-0.2, 0) is 0 Å². The van der Waals surface area contributed by atoms with E-state index >= 15 is 0 Å². The van der Waals surface area contributed by atoms with Crippen molar-refractivity contribution in [1.82, 2.24) is 19.3 Å². The summed E-state index contributed by atoms with van der Waals surface area (Å²) in [5.41, 5.74) is 5.03. The molecule has 0 aromatic carbocycles. The predicted molar refractivity (Wildman–Crippen MR) is 48.6 cm³/mol. The molecule has 2 N–H and O–H groups in total. The molecule has 0 aliphatic carbocycles. The van der Waals surface area contributed by atoms with E-state index in [2.05, 4.69) is 20.8 Å². The second kappa shape index (κ2) is 3.60. The van der Waals surface area contributed by atoms with Gasteiger partial charge in [0.1, 0.15) is 12.7 Å². The summed E-state index contributed by atoms with van der Waals surface area (Å²) in [4.78, 5) is 18.8. The Morgan fingerprint density at radius 3 is 1.86 bits per heavy atom. The molecule has 0 radical (unpaired) electrons. The van der Waals surface area contributed by atoms with Crippen LogP contribution in [0.4, 0.5) is 4.79 Å². The molecule has 72 valence electrons. The minimum Gasteiger partial charge on any atom is -0.247 e. The molecule has 7 heteroatoms. The fourth-order valence-electron chi connectivity index (χ4n) is 0.910. The van der Waals surface area contributed by atoms with Gasteiger partial charge in [-0.3, -0.25) is 0 Å². The quantitative estimate of drug-likeness (QED) is 0.702. The minimum atomic E-state index is -0.374. The lowest BCUT2D eigenvalue weighted by atomic mass is 10.9. The third kappa shape index (κ3) is 1.89. The lowest BCUT2D eigenvalue weighted by molar-refractivity contribution is 0.257. The van der Waals surface area contributed by atoms with Crippen molar-refractivity contribution in [3.05, 3.63) is 37.4 Å². The average molecular weight is 192 g/mol. The first-order valence-electron chi connectivity index (χ1n) is 3.88. The van der Waals surface area contributed by atoms with Crippen LogP contribution >= 0.6 is 0 Å². The maximum atomic E-state index is 11.3. The second-order valence-corrected chi connectivity index (χ2v) is 2.49. The summed E-state index contributed by atoms with van der Waals surface area (Å²) in [7, 11) is 0. The minimum absolute atomic E-state index is 0.374. The van der Waals surface area contributed by atoms with E-state index in [0.29, 0.717) is 0 Å². The third-order valence-corrected chi connectivity index (χ3v) is 1.47. The van der Waals surface area contributed by atoms with Gasteiger partial charge in [0, 0.05) is 24.8 Å². The summed E-state index contributed by atoms with van der Waals surface area (Å²) in [6, 6.07) is -0.374. The molecule has 0 fully saturated rings. The predicted octanol–water partition coefficient (Wildman–Crippen LogP) is -0.0132. The van der Waals surface area contributed by atoms with Crippen molar-refractivity contribution < 1.29 is 4.79 Å². The standard InChI is InChI=1S/C7H8N6O/c14-7(10-12-3-1-8-5-12)11-13-4-2-9-6-13/h1-6H,(H2,10,11,14). The van der Waals surface area contributed by atoms with E-state index in [-0.39, 0.29) is 6.03 Å². The van der Waals surface area contributed by atoms with Crippen molar-refractivity contribution >= 4 is 6.03 Å². The lowest BCUT2D eigenvalue weighted by Crippen LogP contribution is -2.31. The van der Waals surface area contributed by atoms with Crippen LogP contribution in [-0.4, -0.2) is 25.4 Å². The molecule has 0 bridgehead atoms. The summed E-state index contributed by atoms with van der Waals surface area (Å²) in [6.45, 7) is 0. The highest BCUT2D eigenvalue weighted by atomic mass is 16.2. The molecule has 0 aliphatic rings. The van der Waals surface area contributed by atoms with E-state index in [9.17, 15) is 4.79 Å². The SMILES string of the molecule is O=C(Nn1ccnc1)Nn1ccnc1. The van der Waals surface area contributed by atoms with Gasteiger partial charge in [-0.25, -0.2) is 35.0 Å². The van der Waals surface area contributed by atoms with Crippen molar-refractivity contribution in [1.29, 1.82) is 0 Å². The number of imidazole rings is 2. The number of carbonyl (C=O) groups excluding carboxylic acids is 1. The maximum absolute atomic E-state index is 11.3. The monoisotopic (exact) mass is 192 g/mol. The van der Waals surface area contributed by atoms with Gasteiger partial charge in [0.15, 0.2) is 0 Å². The lowest BCUT2D eigenvalue weighted by Gasteiger charge is -2.07. The Hall–Kier alpha value is -2.31. The Morgan fingerprint density at radius 1 is 1.00 bits per heavy atom. The first-order valence-corrected chi connectivity index (χ1v) is 3.88. The normalized spacial score (nSPS) is 9.71. The smallest absolute Gasteiger partial charge is 0.247 e. The second-order valence-electron chi connectivity index (χ2n) is 2.49. The summed E-state index contributed by atoms with van der Waals surface area (Å²) in [6.07, 6.45) is 9.33. The Labute approximate surface area is 79.3 Å². The molecule has 2 heterocycles. The van der Waals surface area contributed by atoms with E-state index in [4.69, 9.17) is 0 Å². The first kappa shape index (κ1) is 8.30. The molecule has 2 rings (SSSR count). The average Bonchev–Trinajstić information content (AvgIpc) is 2.76. The van der Waals surface area contributed by atoms with Crippen LogP contribution in [0.2, 0.25) is 0 Å². The molecule has 2 aromatic rings. The van der Waals surface area contributed by atoms with Crippen LogP contribution in [0.5, 0.6) is 0 Å². The zero-order chi connectivity index (χ0) is 9.80. The van der Waals surface area contributed by atoms with Crippen molar-refractivity contribution in [3.8, 4) is 0 Å². The molecule has 2 amide bonds. The molecular formula is C7H8N6O. The van der Waals surface area contributed by atoms with Gasteiger partial charge < -0.3 is 0 Å². The van der Waals surface area contributed by atoms with E-state index in [1.165, 1.54) is 22.0 Å². The highest BCUT2D eigenvalue weighted by Gasteiger charge is 1.99. The summed E-state index contributed by atoms with van der Waals surface area (Å²) < 4.78 is 2.87. The van der Waals surface area contributed by atoms with E-state index in [1.54, 1.807) is 24.8 Å². The van der Waals surface area contributed by atoms with Crippen LogP contribution < -0.4 is 10.9 Å². The number of urea groups is 1. The van der Waals surface area contributed by atoms with Crippen molar-refractivity contribution in [2.24, 2.45) is 0 Å². The number of carbonyl (C=O) groups is 1. The highest BCUT2D eigenvalue weighted by molar-refractivity contribution is 5.88. The van der Waals surface area contributed by atoms with Crippen molar-refractivity contribution in [2.45, 2.75) is 0 Å². The molecule has 0 saturated heterocycles. The third-order valence-electron chi connectivity index (χ3n) is 1.47. The van der Waals surface area contributed by atoms with Crippen molar-refractivity contribution in [2.75, 3.05) is 10.9 Å². The van der Waals surface area contributed by atoms with Gasteiger partial charge in [-0.1, -0.05) is 0 Å². The first-order chi connectivity index (χ1) is 6.84. The van der Waals surface area contributed by atoms with E-state index < -0.39 is 0 Å². The van der Waals surface area contributed by atoms with Crippen LogP contribution in [0.1, 0.15) is 0 Å². The summed E-state index contributed by atoms with van der Waals surface area (Å²) in [5.74, 6) is 0. The number of hydrogen-bond donors (Lipinski definition) is 2. The number of nitrogens with zero attached hydrogens (tertiary/aromatic N) is 4. The highest BCUT2D eigenvalue weighted by Crippen LogP contribution is 1.83. The molecule has 0 saturated carbocycles. The van der Waals surface area contributed by atoms with Gasteiger partial charge in [-0.2, -0.15) is 0 Å². The molecule has 14 heavy (non-hydrogen) atoms. The number of amides is 2. The molecule has 2 aromatic heterocycles. The molecule has 0 aliphatic heterocycles. The molecule has 7 nitrogen and oxygen atoms in total. The Bertz CT molecular complexity index is 354.